The molecule has 0 aromatic heterocycles. The fourth-order valence-corrected chi connectivity index (χ4v) is 2.09. The zero-order valence-electron chi connectivity index (χ0n) is 10.1. The fourth-order valence-electron chi connectivity index (χ4n) is 1.55. The zero-order chi connectivity index (χ0) is 13.1. The van der Waals surface area contributed by atoms with Crippen molar-refractivity contribution in [2.75, 3.05) is 11.1 Å². The minimum absolute atomic E-state index is 0.0696. The van der Waals surface area contributed by atoms with Crippen LogP contribution in [0.4, 0.5) is 11.4 Å². The molecule has 1 aromatic carbocycles. The minimum Gasteiger partial charge on any atom is -0.397 e. The topological polar surface area (TPSA) is 98.2 Å². The summed E-state index contributed by atoms with van der Waals surface area (Å²) >= 11 is 0. The van der Waals surface area contributed by atoms with Crippen LogP contribution in [-0.2, 0) is 10.0 Å². The van der Waals surface area contributed by atoms with Gasteiger partial charge in [0.2, 0.25) is 10.0 Å². The Kier molecular flexibility index (Phi) is 4.36. The Hall–Kier alpha value is -1.27. The van der Waals surface area contributed by atoms with Gasteiger partial charge in [-0.15, -0.1) is 0 Å². The standard InChI is InChI=1S/C11H19N3O2S/c1-3-8(4-2)14-11-7-9(17(13,15)16)5-6-10(11)12/h5-8,14H,3-4,12H2,1-2H3,(H2,13,15,16). The molecule has 0 aliphatic carbocycles. The van der Waals surface area contributed by atoms with Gasteiger partial charge in [0, 0.05) is 6.04 Å². The summed E-state index contributed by atoms with van der Waals surface area (Å²) < 4.78 is 22.5. The number of sulfonamides is 1. The molecule has 5 nitrogen and oxygen atoms in total. The van der Waals surface area contributed by atoms with Gasteiger partial charge in [0.15, 0.2) is 0 Å². The maximum atomic E-state index is 11.2. The number of benzene rings is 1. The van der Waals surface area contributed by atoms with Crippen LogP contribution in [0, 0.1) is 0 Å². The molecule has 0 amide bonds. The van der Waals surface area contributed by atoms with Crippen LogP contribution in [-0.4, -0.2) is 14.5 Å². The lowest BCUT2D eigenvalue weighted by Crippen LogP contribution is -2.19. The molecule has 0 saturated heterocycles. The Morgan fingerprint density at radius 1 is 1.29 bits per heavy atom. The predicted octanol–water partition coefficient (Wildman–Crippen LogP) is 1.52. The number of primary sulfonamides is 1. The van der Waals surface area contributed by atoms with Gasteiger partial charge in [0.25, 0.3) is 0 Å². The molecule has 1 rings (SSSR count). The van der Waals surface area contributed by atoms with Crippen molar-refractivity contribution in [2.45, 2.75) is 37.6 Å². The van der Waals surface area contributed by atoms with Crippen LogP contribution in [0.25, 0.3) is 0 Å². The third-order valence-electron chi connectivity index (χ3n) is 2.70. The van der Waals surface area contributed by atoms with E-state index in [-0.39, 0.29) is 10.9 Å². The van der Waals surface area contributed by atoms with E-state index in [9.17, 15) is 8.42 Å². The fraction of sp³-hybridized carbons (Fsp3) is 0.455. The maximum Gasteiger partial charge on any atom is 0.238 e. The number of anilines is 2. The predicted molar refractivity (Wildman–Crippen MR) is 70.2 cm³/mol. The number of hydrogen-bond acceptors (Lipinski definition) is 4. The van der Waals surface area contributed by atoms with Gasteiger partial charge >= 0.3 is 0 Å². The Morgan fingerprint density at radius 2 is 1.88 bits per heavy atom. The molecule has 0 aliphatic heterocycles. The van der Waals surface area contributed by atoms with Crippen molar-refractivity contribution in [1.29, 1.82) is 0 Å². The third-order valence-corrected chi connectivity index (χ3v) is 3.61. The zero-order valence-corrected chi connectivity index (χ0v) is 10.9. The normalized spacial score (nSPS) is 11.8. The van der Waals surface area contributed by atoms with E-state index in [1.165, 1.54) is 12.1 Å². The number of nitrogens with two attached hydrogens (primary N) is 2. The van der Waals surface area contributed by atoms with Crippen molar-refractivity contribution in [3.8, 4) is 0 Å². The van der Waals surface area contributed by atoms with Gasteiger partial charge in [0.1, 0.15) is 0 Å². The SMILES string of the molecule is CCC(CC)Nc1cc(S(N)(=O)=O)ccc1N. The monoisotopic (exact) mass is 257 g/mol. The summed E-state index contributed by atoms with van der Waals surface area (Å²) in [7, 11) is -3.69. The summed E-state index contributed by atoms with van der Waals surface area (Å²) in [6.07, 6.45) is 1.88. The van der Waals surface area contributed by atoms with Gasteiger partial charge < -0.3 is 11.1 Å². The van der Waals surface area contributed by atoms with Gasteiger partial charge in [-0.1, -0.05) is 13.8 Å². The summed E-state index contributed by atoms with van der Waals surface area (Å²) in [5, 5.41) is 8.29. The summed E-state index contributed by atoms with van der Waals surface area (Å²) in [5.41, 5.74) is 6.93. The van der Waals surface area contributed by atoms with E-state index < -0.39 is 10.0 Å². The average Bonchev–Trinajstić information content (AvgIpc) is 2.26. The van der Waals surface area contributed by atoms with Gasteiger partial charge in [-0.2, -0.15) is 0 Å². The lowest BCUT2D eigenvalue weighted by molar-refractivity contribution is 0.597. The van der Waals surface area contributed by atoms with Gasteiger partial charge in [-0.25, -0.2) is 13.6 Å². The first-order valence-corrected chi connectivity index (χ1v) is 7.12. The van der Waals surface area contributed by atoms with E-state index in [0.29, 0.717) is 11.4 Å². The Balaban J connectivity index is 3.07. The molecule has 0 radical (unpaired) electrons. The lowest BCUT2D eigenvalue weighted by Gasteiger charge is -2.18. The molecule has 5 N–H and O–H groups in total. The van der Waals surface area contributed by atoms with Gasteiger partial charge in [0.05, 0.1) is 16.3 Å². The van der Waals surface area contributed by atoms with E-state index in [0.717, 1.165) is 12.8 Å². The first-order valence-electron chi connectivity index (χ1n) is 5.57. The molecule has 96 valence electrons. The molecule has 1 aromatic rings. The first kappa shape index (κ1) is 13.8. The summed E-state index contributed by atoms with van der Waals surface area (Å²) in [5.74, 6) is 0. The minimum atomic E-state index is -3.69. The van der Waals surface area contributed by atoms with Crippen molar-refractivity contribution in [3.63, 3.8) is 0 Å². The van der Waals surface area contributed by atoms with Crippen LogP contribution in [0.1, 0.15) is 26.7 Å². The quantitative estimate of drug-likeness (QED) is 0.696. The Bertz CT molecular complexity index is 481. The van der Waals surface area contributed by atoms with Crippen LogP contribution < -0.4 is 16.2 Å². The molecule has 0 aliphatic rings. The lowest BCUT2D eigenvalue weighted by atomic mass is 10.1. The average molecular weight is 257 g/mol. The second-order valence-corrected chi connectivity index (χ2v) is 5.51. The summed E-state index contributed by atoms with van der Waals surface area (Å²) in [6.45, 7) is 4.11. The molecular weight excluding hydrogens is 238 g/mol. The highest BCUT2D eigenvalue weighted by molar-refractivity contribution is 7.89. The van der Waals surface area contributed by atoms with Crippen LogP contribution in [0.5, 0.6) is 0 Å². The van der Waals surface area contributed by atoms with Crippen LogP contribution >= 0.6 is 0 Å². The highest BCUT2D eigenvalue weighted by Crippen LogP contribution is 2.23. The van der Waals surface area contributed by atoms with E-state index in [4.69, 9.17) is 10.9 Å². The van der Waals surface area contributed by atoms with Crippen molar-refractivity contribution >= 4 is 21.4 Å². The van der Waals surface area contributed by atoms with E-state index in [1.54, 1.807) is 6.07 Å². The summed E-state index contributed by atoms with van der Waals surface area (Å²) in [4.78, 5) is 0.0696. The molecule has 0 atom stereocenters. The molecular formula is C11H19N3O2S. The largest absolute Gasteiger partial charge is 0.397 e. The van der Waals surface area contributed by atoms with Crippen LogP contribution in [0.3, 0.4) is 0 Å². The third kappa shape index (κ3) is 3.61. The number of hydrogen-bond donors (Lipinski definition) is 3. The number of nitrogens with one attached hydrogen (secondary N) is 1. The Labute approximate surface area is 102 Å². The molecule has 17 heavy (non-hydrogen) atoms. The molecule has 0 saturated carbocycles. The van der Waals surface area contributed by atoms with E-state index in [1.807, 2.05) is 0 Å². The number of nitrogen functional groups attached to an aromatic ring is 1. The number of rotatable bonds is 5. The molecule has 0 bridgehead atoms. The molecule has 0 unspecified atom stereocenters. The van der Waals surface area contributed by atoms with Gasteiger partial charge in [-0.05, 0) is 31.0 Å². The van der Waals surface area contributed by atoms with Gasteiger partial charge in [-0.3, -0.25) is 0 Å². The molecule has 0 heterocycles. The highest BCUT2D eigenvalue weighted by atomic mass is 32.2. The van der Waals surface area contributed by atoms with E-state index >= 15 is 0 Å². The van der Waals surface area contributed by atoms with E-state index in [2.05, 4.69) is 19.2 Å². The molecule has 6 heteroatoms. The van der Waals surface area contributed by atoms with Crippen molar-refractivity contribution < 1.29 is 8.42 Å². The molecule has 0 spiro atoms. The van der Waals surface area contributed by atoms with Crippen molar-refractivity contribution in [1.82, 2.24) is 0 Å². The molecule has 0 fully saturated rings. The van der Waals surface area contributed by atoms with Crippen LogP contribution in [0.2, 0.25) is 0 Å². The maximum absolute atomic E-state index is 11.2. The second-order valence-electron chi connectivity index (χ2n) is 3.95. The second kappa shape index (κ2) is 5.37. The van der Waals surface area contributed by atoms with Crippen molar-refractivity contribution in [3.05, 3.63) is 18.2 Å². The highest BCUT2D eigenvalue weighted by Gasteiger charge is 2.12. The van der Waals surface area contributed by atoms with Crippen molar-refractivity contribution in [2.24, 2.45) is 5.14 Å². The first-order chi connectivity index (χ1) is 7.88. The van der Waals surface area contributed by atoms with Crippen LogP contribution in [0.15, 0.2) is 23.1 Å². The smallest absolute Gasteiger partial charge is 0.238 e. The summed E-state index contributed by atoms with van der Waals surface area (Å²) in [6, 6.07) is 4.70. The Morgan fingerprint density at radius 3 is 2.35 bits per heavy atom.